The molecular formula is C15H21N3O. The Bertz CT molecular complexity index is 434. The van der Waals surface area contributed by atoms with Gasteiger partial charge in [0.05, 0.1) is 6.54 Å². The van der Waals surface area contributed by atoms with E-state index in [1.54, 1.807) is 0 Å². The smallest absolute Gasteiger partial charge is 0.238 e. The minimum atomic E-state index is 0.0870. The van der Waals surface area contributed by atoms with Crippen molar-refractivity contribution < 1.29 is 4.79 Å². The van der Waals surface area contributed by atoms with Crippen LogP contribution in [0.5, 0.6) is 0 Å². The van der Waals surface area contributed by atoms with Gasteiger partial charge in [0, 0.05) is 30.9 Å². The number of nitrogens with one attached hydrogen (secondary N) is 2. The summed E-state index contributed by atoms with van der Waals surface area (Å²) in [6, 6.07) is 10.9. The molecule has 1 aromatic rings. The standard InChI is InChI=1S/C15H21N3O/c19-15(17-12-4-2-1-3-5-12)11-18-9-8-13-6-7-14(10-18)16-13/h1-5,13-14,16H,6-11H2,(H,17,19). The fourth-order valence-corrected chi connectivity index (χ4v) is 3.08. The molecular weight excluding hydrogens is 238 g/mol. The number of likely N-dealkylation sites (tertiary alicyclic amines) is 1. The molecule has 0 saturated carbocycles. The van der Waals surface area contributed by atoms with Crippen LogP contribution >= 0.6 is 0 Å². The zero-order valence-electron chi connectivity index (χ0n) is 11.1. The van der Waals surface area contributed by atoms with Gasteiger partial charge in [-0.05, 0) is 31.4 Å². The third-order valence-electron chi connectivity index (χ3n) is 4.03. The van der Waals surface area contributed by atoms with Crippen LogP contribution in [-0.2, 0) is 4.79 Å². The molecule has 2 saturated heterocycles. The Hall–Kier alpha value is -1.39. The number of carbonyl (C=O) groups is 1. The van der Waals surface area contributed by atoms with Crippen LogP contribution in [0.4, 0.5) is 5.69 Å². The average molecular weight is 259 g/mol. The molecule has 2 aliphatic rings. The van der Waals surface area contributed by atoms with Crippen molar-refractivity contribution >= 4 is 11.6 Å². The lowest BCUT2D eigenvalue weighted by Gasteiger charge is -2.23. The lowest BCUT2D eigenvalue weighted by Crippen LogP contribution is -2.39. The molecule has 2 N–H and O–H groups in total. The predicted octanol–water partition coefficient (Wildman–Crippen LogP) is 1.45. The van der Waals surface area contributed by atoms with E-state index in [1.165, 1.54) is 12.8 Å². The van der Waals surface area contributed by atoms with E-state index in [1.807, 2.05) is 30.3 Å². The molecule has 2 aliphatic heterocycles. The number of para-hydroxylation sites is 1. The summed E-state index contributed by atoms with van der Waals surface area (Å²) < 4.78 is 0. The van der Waals surface area contributed by atoms with Gasteiger partial charge in [-0.25, -0.2) is 0 Å². The molecule has 2 bridgehead atoms. The molecule has 102 valence electrons. The summed E-state index contributed by atoms with van der Waals surface area (Å²) in [5.74, 6) is 0.0870. The Morgan fingerprint density at radius 1 is 1.21 bits per heavy atom. The van der Waals surface area contributed by atoms with Gasteiger partial charge in [0.25, 0.3) is 0 Å². The number of nitrogens with zero attached hydrogens (tertiary/aromatic N) is 1. The maximum Gasteiger partial charge on any atom is 0.238 e. The Morgan fingerprint density at radius 3 is 2.84 bits per heavy atom. The van der Waals surface area contributed by atoms with Gasteiger partial charge in [-0.3, -0.25) is 9.69 Å². The van der Waals surface area contributed by atoms with Crippen molar-refractivity contribution in [1.29, 1.82) is 0 Å². The quantitative estimate of drug-likeness (QED) is 0.863. The zero-order valence-corrected chi connectivity index (χ0v) is 11.1. The molecule has 1 amide bonds. The van der Waals surface area contributed by atoms with E-state index in [0.29, 0.717) is 18.6 Å². The van der Waals surface area contributed by atoms with Crippen molar-refractivity contribution in [3.8, 4) is 0 Å². The second-order valence-electron chi connectivity index (χ2n) is 5.58. The number of amides is 1. The minimum absolute atomic E-state index is 0.0870. The van der Waals surface area contributed by atoms with E-state index >= 15 is 0 Å². The summed E-state index contributed by atoms with van der Waals surface area (Å²) in [6.45, 7) is 2.52. The maximum atomic E-state index is 12.0. The molecule has 0 spiro atoms. The molecule has 0 aliphatic carbocycles. The fraction of sp³-hybridized carbons (Fsp3) is 0.533. The number of fused-ring (bicyclic) bond motifs is 2. The van der Waals surface area contributed by atoms with E-state index in [9.17, 15) is 4.79 Å². The number of hydrogen-bond acceptors (Lipinski definition) is 3. The first kappa shape index (κ1) is 12.6. The van der Waals surface area contributed by atoms with Crippen LogP contribution in [0.1, 0.15) is 19.3 Å². The van der Waals surface area contributed by atoms with Crippen molar-refractivity contribution in [2.75, 3.05) is 25.0 Å². The van der Waals surface area contributed by atoms with Crippen molar-refractivity contribution in [3.05, 3.63) is 30.3 Å². The predicted molar refractivity (Wildman–Crippen MR) is 76.1 cm³/mol. The first-order valence-electron chi connectivity index (χ1n) is 7.13. The van der Waals surface area contributed by atoms with Gasteiger partial charge >= 0.3 is 0 Å². The van der Waals surface area contributed by atoms with Crippen LogP contribution < -0.4 is 10.6 Å². The van der Waals surface area contributed by atoms with Gasteiger partial charge in [0.1, 0.15) is 0 Å². The second kappa shape index (κ2) is 5.72. The van der Waals surface area contributed by atoms with Gasteiger partial charge in [0.15, 0.2) is 0 Å². The molecule has 2 fully saturated rings. The highest BCUT2D eigenvalue weighted by molar-refractivity contribution is 5.92. The van der Waals surface area contributed by atoms with E-state index < -0.39 is 0 Å². The number of rotatable bonds is 3. The molecule has 19 heavy (non-hydrogen) atoms. The zero-order chi connectivity index (χ0) is 13.1. The summed E-state index contributed by atoms with van der Waals surface area (Å²) in [6.07, 6.45) is 3.71. The van der Waals surface area contributed by atoms with Crippen molar-refractivity contribution in [1.82, 2.24) is 10.2 Å². The number of anilines is 1. The van der Waals surface area contributed by atoms with E-state index in [-0.39, 0.29) is 5.91 Å². The highest BCUT2D eigenvalue weighted by Crippen LogP contribution is 2.20. The Kier molecular flexibility index (Phi) is 3.80. The lowest BCUT2D eigenvalue weighted by atomic mass is 10.1. The highest BCUT2D eigenvalue weighted by Gasteiger charge is 2.29. The lowest BCUT2D eigenvalue weighted by molar-refractivity contribution is -0.117. The van der Waals surface area contributed by atoms with Gasteiger partial charge in [0.2, 0.25) is 5.91 Å². The van der Waals surface area contributed by atoms with E-state index in [2.05, 4.69) is 15.5 Å². The Morgan fingerprint density at radius 2 is 2.00 bits per heavy atom. The second-order valence-corrected chi connectivity index (χ2v) is 5.58. The van der Waals surface area contributed by atoms with Crippen LogP contribution in [0.3, 0.4) is 0 Å². The normalized spacial score (nSPS) is 26.9. The summed E-state index contributed by atoms with van der Waals surface area (Å²) in [5, 5.41) is 6.59. The number of hydrogen-bond donors (Lipinski definition) is 2. The molecule has 2 heterocycles. The van der Waals surface area contributed by atoms with Crippen LogP contribution in [0.2, 0.25) is 0 Å². The average Bonchev–Trinajstić information content (AvgIpc) is 2.74. The van der Waals surface area contributed by atoms with Crippen molar-refractivity contribution in [2.45, 2.75) is 31.3 Å². The van der Waals surface area contributed by atoms with Gasteiger partial charge < -0.3 is 10.6 Å². The van der Waals surface area contributed by atoms with Crippen LogP contribution in [-0.4, -0.2) is 42.5 Å². The largest absolute Gasteiger partial charge is 0.325 e. The summed E-state index contributed by atoms with van der Waals surface area (Å²) >= 11 is 0. The Labute approximate surface area is 114 Å². The molecule has 1 aromatic carbocycles. The van der Waals surface area contributed by atoms with Crippen LogP contribution in [0.15, 0.2) is 30.3 Å². The van der Waals surface area contributed by atoms with E-state index in [0.717, 1.165) is 25.2 Å². The van der Waals surface area contributed by atoms with Crippen molar-refractivity contribution in [3.63, 3.8) is 0 Å². The Balaban J connectivity index is 1.52. The first-order valence-corrected chi connectivity index (χ1v) is 7.13. The van der Waals surface area contributed by atoms with Gasteiger partial charge in [-0.1, -0.05) is 18.2 Å². The molecule has 2 unspecified atom stereocenters. The van der Waals surface area contributed by atoms with Crippen molar-refractivity contribution in [2.24, 2.45) is 0 Å². The van der Waals surface area contributed by atoms with Gasteiger partial charge in [-0.2, -0.15) is 0 Å². The monoisotopic (exact) mass is 259 g/mol. The fourth-order valence-electron chi connectivity index (χ4n) is 3.08. The summed E-state index contributed by atoms with van der Waals surface area (Å²) in [7, 11) is 0. The number of carbonyl (C=O) groups excluding carboxylic acids is 1. The minimum Gasteiger partial charge on any atom is -0.325 e. The van der Waals surface area contributed by atoms with E-state index in [4.69, 9.17) is 0 Å². The maximum absolute atomic E-state index is 12.0. The topological polar surface area (TPSA) is 44.4 Å². The third kappa shape index (κ3) is 3.33. The van der Waals surface area contributed by atoms with Crippen LogP contribution in [0, 0.1) is 0 Å². The van der Waals surface area contributed by atoms with Gasteiger partial charge in [-0.15, -0.1) is 0 Å². The molecule has 2 atom stereocenters. The summed E-state index contributed by atoms with van der Waals surface area (Å²) in [5.41, 5.74) is 0.877. The molecule has 4 nitrogen and oxygen atoms in total. The third-order valence-corrected chi connectivity index (χ3v) is 4.03. The first-order chi connectivity index (χ1) is 9.29. The molecule has 4 heteroatoms. The molecule has 0 aromatic heterocycles. The SMILES string of the molecule is O=C(CN1CCC2CCC(C1)N2)Nc1ccccc1. The molecule has 3 rings (SSSR count). The number of benzene rings is 1. The van der Waals surface area contributed by atoms with Crippen LogP contribution in [0.25, 0.3) is 0 Å². The molecule has 0 radical (unpaired) electrons. The highest BCUT2D eigenvalue weighted by atomic mass is 16.2. The summed E-state index contributed by atoms with van der Waals surface area (Å²) in [4.78, 5) is 14.3.